The van der Waals surface area contributed by atoms with Crippen LogP contribution in [0.5, 0.6) is 5.75 Å². The third-order valence-corrected chi connectivity index (χ3v) is 2.50. The molecule has 19 heavy (non-hydrogen) atoms. The number of nitro groups is 1. The average molecular weight is 270 g/mol. The van der Waals surface area contributed by atoms with E-state index in [0.29, 0.717) is 0 Å². The van der Waals surface area contributed by atoms with Gasteiger partial charge in [-0.3, -0.25) is 14.9 Å². The minimum Gasteiger partial charge on any atom is -0.477 e. The summed E-state index contributed by atoms with van der Waals surface area (Å²) in [5, 5.41) is 13.3. The molecular weight excluding hydrogens is 255 g/mol. The first kappa shape index (κ1) is 14.9. The van der Waals surface area contributed by atoms with Crippen LogP contribution in [-0.2, 0) is 4.79 Å². The number of halogens is 1. The first-order valence-corrected chi connectivity index (χ1v) is 5.80. The van der Waals surface area contributed by atoms with Crippen molar-refractivity contribution in [2.75, 3.05) is 6.61 Å². The maximum Gasteiger partial charge on any atom is 0.311 e. The van der Waals surface area contributed by atoms with Crippen molar-refractivity contribution in [3.8, 4) is 5.75 Å². The van der Waals surface area contributed by atoms with Crippen molar-refractivity contribution < 1.29 is 18.8 Å². The van der Waals surface area contributed by atoms with Crippen LogP contribution in [0.25, 0.3) is 0 Å². The van der Waals surface area contributed by atoms with Crippen molar-refractivity contribution in [1.82, 2.24) is 5.32 Å². The van der Waals surface area contributed by atoms with Crippen LogP contribution >= 0.6 is 0 Å². The molecule has 0 aromatic heterocycles. The highest BCUT2D eigenvalue weighted by atomic mass is 19.1. The quantitative estimate of drug-likeness (QED) is 0.633. The van der Waals surface area contributed by atoms with Crippen LogP contribution in [0.4, 0.5) is 10.1 Å². The van der Waals surface area contributed by atoms with E-state index in [9.17, 15) is 19.3 Å². The lowest BCUT2D eigenvalue weighted by molar-refractivity contribution is -0.385. The second-order valence-corrected chi connectivity index (χ2v) is 4.03. The summed E-state index contributed by atoms with van der Waals surface area (Å²) >= 11 is 0. The number of hydrogen-bond donors (Lipinski definition) is 1. The first-order valence-electron chi connectivity index (χ1n) is 5.80. The summed E-state index contributed by atoms with van der Waals surface area (Å²) < 4.78 is 18.0. The molecule has 1 aromatic carbocycles. The van der Waals surface area contributed by atoms with Crippen molar-refractivity contribution in [2.24, 2.45) is 0 Å². The molecule has 0 aliphatic rings. The van der Waals surface area contributed by atoms with Gasteiger partial charge in [-0.1, -0.05) is 6.92 Å². The van der Waals surface area contributed by atoms with Crippen molar-refractivity contribution in [3.63, 3.8) is 0 Å². The average Bonchev–Trinajstić information content (AvgIpc) is 2.35. The smallest absolute Gasteiger partial charge is 0.311 e. The summed E-state index contributed by atoms with van der Waals surface area (Å²) in [4.78, 5) is 21.5. The van der Waals surface area contributed by atoms with Gasteiger partial charge in [0.05, 0.1) is 4.92 Å². The van der Waals surface area contributed by atoms with Gasteiger partial charge in [0.25, 0.3) is 5.91 Å². The van der Waals surface area contributed by atoms with Gasteiger partial charge in [-0.15, -0.1) is 0 Å². The molecule has 0 spiro atoms. The molecule has 1 N–H and O–H groups in total. The predicted octanol–water partition coefficient (Wildman–Crippen LogP) is 2.03. The van der Waals surface area contributed by atoms with E-state index in [0.717, 1.165) is 24.6 Å². The Bertz CT molecular complexity index is 479. The van der Waals surface area contributed by atoms with Crippen molar-refractivity contribution in [3.05, 3.63) is 34.1 Å². The lowest BCUT2D eigenvalue weighted by Gasteiger charge is -2.12. The molecule has 0 unspecified atom stereocenters. The van der Waals surface area contributed by atoms with E-state index in [-0.39, 0.29) is 17.5 Å². The van der Waals surface area contributed by atoms with Gasteiger partial charge in [0.1, 0.15) is 5.82 Å². The number of carbonyl (C=O) groups is 1. The molecule has 0 saturated heterocycles. The molecule has 0 bridgehead atoms. The second kappa shape index (κ2) is 6.67. The Morgan fingerprint density at radius 2 is 2.26 bits per heavy atom. The number of rotatable bonds is 6. The van der Waals surface area contributed by atoms with E-state index in [1.54, 1.807) is 0 Å². The number of hydrogen-bond acceptors (Lipinski definition) is 4. The number of nitrogens with one attached hydrogen (secondary N) is 1. The van der Waals surface area contributed by atoms with Crippen LogP contribution in [0.2, 0.25) is 0 Å². The van der Waals surface area contributed by atoms with Gasteiger partial charge < -0.3 is 10.1 Å². The van der Waals surface area contributed by atoms with Crippen LogP contribution in [0, 0.1) is 15.9 Å². The number of nitrogens with zero attached hydrogens (tertiary/aromatic N) is 1. The number of amides is 1. The second-order valence-electron chi connectivity index (χ2n) is 4.03. The lowest BCUT2D eigenvalue weighted by atomic mass is 10.2. The molecule has 6 nitrogen and oxygen atoms in total. The molecule has 0 heterocycles. The Labute approximate surface area is 109 Å². The van der Waals surface area contributed by atoms with Crippen LogP contribution < -0.4 is 10.1 Å². The molecular formula is C12H15FN2O4. The standard InChI is InChI=1S/C12H15FN2O4/c1-3-8(2)14-12(16)7-19-11-6-9(13)4-5-10(11)15(17)18/h4-6,8H,3,7H2,1-2H3,(H,14,16)/t8-/m0/s1. The van der Waals surface area contributed by atoms with Crippen LogP contribution in [-0.4, -0.2) is 23.5 Å². The topological polar surface area (TPSA) is 81.5 Å². The highest BCUT2D eigenvalue weighted by Crippen LogP contribution is 2.27. The predicted molar refractivity (Wildman–Crippen MR) is 66.4 cm³/mol. The molecule has 0 fully saturated rings. The summed E-state index contributed by atoms with van der Waals surface area (Å²) in [6.07, 6.45) is 0.756. The van der Waals surface area contributed by atoms with Crippen LogP contribution in [0.3, 0.4) is 0 Å². The zero-order valence-corrected chi connectivity index (χ0v) is 10.7. The molecule has 0 saturated carbocycles. The molecule has 1 aromatic rings. The van der Waals surface area contributed by atoms with E-state index >= 15 is 0 Å². The fourth-order valence-electron chi connectivity index (χ4n) is 1.32. The summed E-state index contributed by atoms with van der Waals surface area (Å²) in [6, 6.07) is 2.83. The summed E-state index contributed by atoms with van der Waals surface area (Å²) in [5.41, 5.74) is -0.377. The zero-order valence-electron chi connectivity index (χ0n) is 10.7. The third-order valence-electron chi connectivity index (χ3n) is 2.50. The Kier molecular flexibility index (Phi) is 5.23. The Morgan fingerprint density at radius 1 is 1.58 bits per heavy atom. The van der Waals surface area contributed by atoms with Crippen LogP contribution in [0.1, 0.15) is 20.3 Å². The highest BCUT2D eigenvalue weighted by Gasteiger charge is 2.17. The van der Waals surface area contributed by atoms with Crippen molar-refractivity contribution in [2.45, 2.75) is 26.3 Å². The van der Waals surface area contributed by atoms with E-state index in [2.05, 4.69) is 5.32 Å². The fraction of sp³-hybridized carbons (Fsp3) is 0.417. The van der Waals surface area contributed by atoms with E-state index in [1.165, 1.54) is 0 Å². The van der Waals surface area contributed by atoms with Gasteiger partial charge in [0.15, 0.2) is 6.61 Å². The minimum atomic E-state index is -0.693. The van der Waals surface area contributed by atoms with Gasteiger partial charge in [0.2, 0.25) is 5.75 Å². The number of carbonyl (C=O) groups excluding carboxylic acids is 1. The SMILES string of the molecule is CC[C@H](C)NC(=O)COc1cc(F)ccc1[N+](=O)[O-]. The maximum atomic E-state index is 13.0. The molecule has 0 aliphatic carbocycles. The first-order chi connectivity index (χ1) is 8.93. The Morgan fingerprint density at radius 3 is 2.84 bits per heavy atom. The summed E-state index contributed by atoms with van der Waals surface area (Å²) in [7, 11) is 0. The number of nitro benzene ring substituents is 1. The molecule has 1 amide bonds. The van der Waals surface area contributed by atoms with Gasteiger partial charge in [-0.25, -0.2) is 4.39 Å². The minimum absolute atomic E-state index is 0.0152. The van der Waals surface area contributed by atoms with E-state index < -0.39 is 23.3 Å². The molecule has 7 heteroatoms. The van der Waals surface area contributed by atoms with E-state index in [1.807, 2.05) is 13.8 Å². The fourth-order valence-corrected chi connectivity index (χ4v) is 1.32. The largest absolute Gasteiger partial charge is 0.477 e. The monoisotopic (exact) mass is 270 g/mol. The molecule has 1 rings (SSSR count). The van der Waals surface area contributed by atoms with Crippen molar-refractivity contribution in [1.29, 1.82) is 0 Å². The molecule has 104 valence electrons. The highest BCUT2D eigenvalue weighted by molar-refractivity contribution is 5.77. The van der Waals surface area contributed by atoms with Gasteiger partial charge in [-0.2, -0.15) is 0 Å². The molecule has 0 aliphatic heterocycles. The number of ether oxygens (including phenoxy) is 1. The zero-order chi connectivity index (χ0) is 14.4. The summed E-state index contributed by atoms with van der Waals surface area (Å²) in [6.45, 7) is 3.33. The number of benzene rings is 1. The maximum absolute atomic E-state index is 13.0. The summed E-state index contributed by atoms with van der Waals surface area (Å²) in [5.74, 6) is -1.33. The van der Waals surface area contributed by atoms with Gasteiger partial charge in [0, 0.05) is 18.2 Å². The Hall–Kier alpha value is -2.18. The van der Waals surface area contributed by atoms with E-state index in [4.69, 9.17) is 4.74 Å². The Balaban J connectivity index is 2.69. The van der Waals surface area contributed by atoms with Crippen LogP contribution in [0.15, 0.2) is 18.2 Å². The normalized spacial score (nSPS) is 11.7. The van der Waals surface area contributed by atoms with Gasteiger partial charge in [-0.05, 0) is 19.4 Å². The third kappa shape index (κ3) is 4.53. The van der Waals surface area contributed by atoms with Crippen molar-refractivity contribution >= 4 is 11.6 Å². The lowest BCUT2D eigenvalue weighted by Crippen LogP contribution is -2.35. The molecule has 0 radical (unpaired) electrons. The van der Waals surface area contributed by atoms with Gasteiger partial charge >= 0.3 is 5.69 Å². The molecule has 1 atom stereocenters.